The molecule has 0 amide bonds. The quantitative estimate of drug-likeness (QED) is 0.229. The molecule has 8 heteroatoms. The fourth-order valence-corrected chi connectivity index (χ4v) is 3.94. The highest BCUT2D eigenvalue weighted by molar-refractivity contribution is 6.14. The predicted molar refractivity (Wildman–Crippen MR) is 127 cm³/mol. The Labute approximate surface area is 204 Å². The Morgan fingerprint density at radius 2 is 0.706 bits per heavy atom. The van der Waals surface area contributed by atoms with Crippen molar-refractivity contribution in [2.24, 2.45) is 34.5 Å². The first-order valence-corrected chi connectivity index (χ1v) is 12.5. The maximum atomic E-state index is 13.7. The van der Waals surface area contributed by atoms with Gasteiger partial charge in [-0.2, -0.15) is 0 Å². The summed E-state index contributed by atoms with van der Waals surface area (Å²) in [6, 6.07) is 0. The Bertz CT molecular complexity index is 600. The smallest absolute Gasteiger partial charge is 0.325 e. The topological polar surface area (TPSA) is 105 Å². The van der Waals surface area contributed by atoms with Gasteiger partial charge in [0.25, 0.3) is 0 Å². The van der Waals surface area contributed by atoms with E-state index in [2.05, 4.69) is 0 Å². The van der Waals surface area contributed by atoms with E-state index in [1.54, 1.807) is 0 Å². The summed E-state index contributed by atoms with van der Waals surface area (Å²) in [5.41, 5.74) is -4.34. The SMILES string of the molecule is CC(C)COC(=O)C1(C(=O)OCC(C)C)CCCCC1(C(=O)OCC(C)C)C(=O)OCC(C)C. The molecule has 1 rings (SSSR count). The van der Waals surface area contributed by atoms with E-state index in [0.29, 0.717) is 12.8 Å². The van der Waals surface area contributed by atoms with E-state index in [1.165, 1.54) is 0 Å². The highest BCUT2D eigenvalue weighted by Crippen LogP contribution is 2.54. The first-order valence-electron chi connectivity index (χ1n) is 12.5. The monoisotopic (exact) mass is 484 g/mol. The summed E-state index contributed by atoms with van der Waals surface area (Å²) in [4.78, 5) is 54.7. The maximum absolute atomic E-state index is 13.7. The van der Waals surface area contributed by atoms with Crippen LogP contribution < -0.4 is 0 Å². The molecule has 0 atom stereocenters. The van der Waals surface area contributed by atoms with Crippen LogP contribution in [0.3, 0.4) is 0 Å². The van der Waals surface area contributed by atoms with Gasteiger partial charge in [0.15, 0.2) is 10.8 Å². The van der Waals surface area contributed by atoms with Crippen LogP contribution in [0.4, 0.5) is 0 Å². The molecule has 0 aromatic heterocycles. The number of esters is 4. The van der Waals surface area contributed by atoms with Gasteiger partial charge in [-0.1, -0.05) is 68.2 Å². The van der Waals surface area contributed by atoms with Gasteiger partial charge in [-0.3, -0.25) is 19.2 Å². The van der Waals surface area contributed by atoms with Crippen molar-refractivity contribution < 1.29 is 38.1 Å². The van der Waals surface area contributed by atoms with Crippen LogP contribution in [0.1, 0.15) is 81.1 Å². The van der Waals surface area contributed by atoms with Gasteiger partial charge in [-0.15, -0.1) is 0 Å². The number of carbonyl (C=O) groups is 4. The molecule has 196 valence electrons. The van der Waals surface area contributed by atoms with Crippen LogP contribution in [-0.4, -0.2) is 50.3 Å². The fourth-order valence-electron chi connectivity index (χ4n) is 3.94. The molecule has 0 aliphatic heterocycles. The summed E-state index contributed by atoms with van der Waals surface area (Å²) < 4.78 is 22.1. The van der Waals surface area contributed by atoms with E-state index in [1.807, 2.05) is 55.4 Å². The second-order valence-corrected chi connectivity index (χ2v) is 11.0. The Hall–Kier alpha value is -2.12. The van der Waals surface area contributed by atoms with Crippen LogP contribution in [0.5, 0.6) is 0 Å². The molecule has 0 N–H and O–H groups in total. The zero-order chi connectivity index (χ0) is 26.1. The lowest BCUT2D eigenvalue weighted by Crippen LogP contribution is -2.64. The second kappa shape index (κ2) is 13.1. The zero-order valence-corrected chi connectivity index (χ0v) is 22.2. The molecule has 1 aliphatic rings. The van der Waals surface area contributed by atoms with Gasteiger partial charge in [0, 0.05) is 0 Å². The molecule has 0 bridgehead atoms. The highest BCUT2D eigenvalue weighted by atomic mass is 16.6. The Kier molecular flexibility index (Phi) is 11.5. The van der Waals surface area contributed by atoms with Crippen molar-refractivity contribution in [2.75, 3.05) is 26.4 Å². The molecule has 0 radical (unpaired) electrons. The number of hydrogen-bond acceptors (Lipinski definition) is 8. The van der Waals surface area contributed by atoms with Crippen LogP contribution in [0.2, 0.25) is 0 Å². The highest BCUT2D eigenvalue weighted by Gasteiger charge is 2.73. The van der Waals surface area contributed by atoms with Crippen molar-refractivity contribution in [1.82, 2.24) is 0 Å². The molecule has 0 heterocycles. The van der Waals surface area contributed by atoms with Gasteiger partial charge in [0.1, 0.15) is 0 Å². The fraction of sp³-hybridized carbons (Fsp3) is 0.846. The first kappa shape index (κ1) is 29.9. The first-order chi connectivity index (χ1) is 15.8. The van der Waals surface area contributed by atoms with Crippen LogP contribution in [0.15, 0.2) is 0 Å². The van der Waals surface area contributed by atoms with Gasteiger partial charge < -0.3 is 18.9 Å². The van der Waals surface area contributed by atoms with Crippen molar-refractivity contribution in [3.63, 3.8) is 0 Å². The predicted octanol–water partition coefficient (Wildman–Crippen LogP) is 4.33. The third-order valence-corrected chi connectivity index (χ3v) is 5.67. The molecule has 1 aliphatic carbocycles. The molecule has 0 aromatic carbocycles. The minimum atomic E-state index is -2.17. The molecule has 1 saturated carbocycles. The third-order valence-electron chi connectivity index (χ3n) is 5.67. The molecule has 34 heavy (non-hydrogen) atoms. The average Bonchev–Trinajstić information content (AvgIpc) is 2.76. The number of ether oxygens (including phenoxy) is 4. The molecule has 8 nitrogen and oxygen atoms in total. The summed E-state index contributed by atoms with van der Waals surface area (Å²) in [5, 5.41) is 0. The summed E-state index contributed by atoms with van der Waals surface area (Å²) in [6.45, 7) is 15.0. The second-order valence-electron chi connectivity index (χ2n) is 11.0. The molecular formula is C26H44O8. The van der Waals surface area contributed by atoms with Crippen molar-refractivity contribution in [3.05, 3.63) is 0 Å². The van der Waals surface area contributed by atoms with Crippen LogP contribution in [0.25, 0.3) is 0 Å². The maximum Gasteiger partial charge on any atom is 0.325 e. The van der Waals surface area contributed by atoms with Crippen molar-refractivity contribution in [3.8, 4) is 0 Å². The van der Waals surface area contributed by atoms with Crippen LogP contribution in [-0.2, 0) is 38.1 Å². The number of hydrogen-bond donors (Lipinski definition) is 0. The Morgan fingerprint density at radius 3 is 0.882 bits per heavy atom. The molecular weight excluding hydrogens is 440 g/mol. The minimum absolute atomic E-state index is 0.00791. The summed E-state index contributed by atoms with van der Waals surface area (Å²) in [6.07, 6.45) is 0.775. The van der Waals surface area contributed by atoms with Crippen molar-refractivity contribution >= 4 is 23.9 Å². The Balaban J connectivity index is 3.69. The molecule has 0 aromatic rings. The van der Waals surface area contributed by atoms with Gasteiger partial charge in [-0.05, 0) is 36.5 Å². The van der Waals surface area contributed by atoms with E-state index in [0.717, 1.165) is 0 Å². The lowest BCUT2D eigenvalue weighted by atomic mass is 9.55. The van der Waals surface area contributed by atoms with Crippen molar-refractivity contribution in [2.45, 2.75) is 81.1 Å². The van der Waals surface area contributed by atoms with Gasteiger partial charge in [0.05, 0.1) is 26.4 Å². The number of rotatable bonds is 12. The molecule has 0 unspecified atom stereocenters. The normalized spacial score (nSPS) is 17.1. The van der Waals surface area contributed by atoms with E-state index in [4.69, 9.17) is 18.9 Å². The molecule has 0 saturated heterocycles. The van der Waals surface area contributed by atoms with Crippen LogP contribution >= 0.6 is 0 Å². The lowest BCUT2D eigenvalue weighted by Gasteiger charge is -2.45. The van der Waals surface area contributed by atoms with Gasteiger partial charge in [0.2, 0.25) is 0 Å². The molecule has 1 fully saturated rings. The lowest BCUT2D eigenvalue weighted by molar-refractivity contribution is -0.210. The summed E-state index contributed by atoms with van der Waals surface area (Å²) in [5.74, 6) is -3.76. The Morgan fingerprint density at radius 1 is 0.500 bits per heavy atom. The third kappa shape index (κ3) is 6.95. The van der Waals surface area contributed by atoms with Gasteiger partial charge >= 0.3 is 23.9 Å². The molecule has 0 spiro atoms. The standard InChI is InChI=1S/C26H44O8/c1-17(2)13-31-21(27)25(22(28)32-14-18(3)4)11-9-10-12-26(25,23(29)33-15-19(5)6)24(30)34-16-20(7)8/h17-20H,9-16H2,1-8H3. The average molecular weight is 485 g/mol. The van der Waals surface area contributed by atoms with E-state index in [-0.39, 0.29) is 62.9 Å². The minimum Gasteiger partial charge on any atom is -0.465 e. The van der Waals surface area contributed by atoms with Crippen LogP contribution in [0, 0.1) is 34.5 Å². The van der Waals surface area contributed by atoms with E-state index >= 15 is 0 Å². The van der Waals surface area contributed by atoms with E-state index in [9.17, 15) is 19.2 Å². The zero-order valence-electron chi connectivity index (χ0n) is 22.2. The van der Waals surface area contributed by atoms with E-state index < -0.39 is 34.7 Å². The van der Waals surface area contributed by atoms with Gasteiger partial charge in [-0.25, -0.2) is 0 Å². The van der Waals surface area contributed by atoms with Crippen molar-refractivity contribution in [1.29, 1.82) is 0 Å². The number of carbonyl (C=O) groups excluding carboxylic acids is 4. The largest absolute Gasteiger partial charge is 0.465 e. The summed E-state index contributed by atoms with van der Waals surface area (Å²) >= 11 is 0. The summed E-state index contributed by atoms with van der Waals surface area (Å²) in [7, 11) is 0.